The van der Waals surface area contributed by atoms with E-state index in [1.807, 2.05) is 0 Å². The van der Waals surface area contributed by atoms with Crippen molar-refractivity contribution in [2.45, 2.75) is 26.1 Å². The molecule has 7 heteroatoms. The maximum atomic E-state index is 12.6. The number of halogens is 3. The van der Waals surface area contributed by atoms with E-state index >= 15 is 0 Å². The Morgan fingerprint density at radius 2 is 1.83 bits per heavy atom. The van der Waals surface area contributed by atoms with E-state index in [0.717, 1.165) is 7.11 Å². The number of hydrogen-bond acceptors (Lipinski definition) is 3. The number of methoxy groups -OCH3 is 1. The van der Waals surface area contributed by atoms with Gasteiger partial charge in [-0.05, 0) is 13.8 Å². The van der Waals surface area contributed by atoms with Crippen molar-refractivity contribution in [1.82, 2.24) is 4.57 Å². The van der Waals surface area contributed by atoms with Crippen molar-refractivity contribution in [3.63, 3.8) is 0 Å². The smallest absolute Gasteiger partial charge is 0.418 e. The highest BCUT2D eigenvalue weighted by Crippen LogP contribution is 2.38. The molecule has 1 heterocycles. The van der Waals surface area contributed by atoms with Gasteiger partial charge in [0.15, 0.2) is 6.10 Å². The van der Waals surface area contributed by atoms with Crippen molar-refractivity contribution in [3.05, 3.63) is 22.5 Å². The number of aliphatic hydroxyl groups excluding tert-OH is 1. The van der Waals surface area contributed by atoms with Crippen molar-refractivity contribution in [2.24, 2.45) is 7.05 Å². The Hall–Kier alpha value is -1.50. The molecule has 0 aliphatic heterocycles. The molecular formula is C11H14F3NO3. The molecule has 4 nitrogen and oxygen atoms in total. The molecule has 0 saturated carbocycles. The average Bonchev–Trinajstić information content (AvgIpc) is 2.50. The quantitative estimate of drug-likeness (QED) is 0.832. The summed E-state index contributed by atoms with van der Waals surface area (Å²) < 4.78 is 43.6. The summed E-state index contributed by atoms with van der Waals surface area (Å²) in [7, 11) is 2.59. The minimum atomic E-state index is -4.83. The summed E-state index contributed by atoms with van der Waals surface area (Å²) in [6.45, 7) is 2.90. The molecule has 0 aromatic carbocycles. The number of hydrogen-bond donors (Lipinski definition) is 1. The van der Waals surface area contributed by atoms with E-state index in [4.69, 9.17) is 0 Å². The normalized spacial score (nSPS) is 13.6. The second kappa shape index (κ2) is 4.64. The number of carbonyl (C=O) groups is 1. The maximum absolute atomic E-state index is 12.6. The lowest BCUT2D eigenvalue weighted by Gasteiger charge is -2.16. The van der Waals surface area contributed by atoms with Crippen LogP contribution in [0.1, 0.15) is 33.4 Å². The number of rotatable bonds is 2. The van der Waals surface area contributed by atoms with Crippen LogP contribution < -0.4 is 0 Å². The van der Waals surface area contributed by atoms with E-state index < -0.39 is 23.8 Å². The Balaban J connectivity index is 3.52. The number of aromatic nitrogens is 1. The van der Waals surface area contributed by atoms with Gasteiger partial charge in [-0.25, -0.2) is 4.79 Å². The average molecular weight is 265 g/mol. The first kappa shape index (κ1) is 14.6. The number of esters is 1. The van der Waals surface area contributed by atoms with Gasteiger partial charge in [-0.3, -0.25) is 0 Å². The first-order valence-electron chi connectivity index (χ1n) is 5.11. The third kappa shape index (κ3) is 2.22. The SMILES string of the molecule is COC(=O)c1c([C@@H](O)C(F)(F)F)c(C)n(C)c1C. The summed E-state index contributed by atoms with van der Waals surface area (Å²) in [5.41, 5.74) is -0.188. The van der Waals surface area contributed by atoms with Crippen LogP contribution in [0.5, 0.6) is 0 Å². The van der Waals surface area contributed by atoms with Crippen LogP contribution in [0.15, 0.2) is 0 Å². The highest BCUT2D eigenvalue weighted by molar-refractivity contribution is 5.93. The van der Waals surface area contributed by atoms with E-state index in [2.05, 4.69) is 4.74 Å². The molecule has 1 aromatic rings. The van der Waals surface area contributed by atoms with Gasteiger partial charge in [-0.1, -0.05) is 0 Å². The highest BCUT2D eigenvalue weighted by Gasteiger charge is 2.43. The fourth-order valence-corrected chi connectivity index (χ4v) is 1.83. The van der Waals surface area contributed by atoms with E-state index in [1.54, 1.807) is 0 Å². The van der Waals surface area contributed by atoms with Crippen LogP contribution in [-0.4, -0.2) is 28.9 Å². The Morgan fingerprint density at radius 3 is 2.22 bits per heavy atom. The molecule has 1 atom stereocenters. The van der Waals surface area contributed by atoms with E-state index in [0.29, 0.717) is 5.69 Å². The molecule has 0 unspecified atom stereocenters. The van der Waals surface area contributed by atoms with E-state index in [9.17, 15) is 23.1 Å². The molecule has 1 rings (SSSR count). The van der Waals surface area contributed by atoms with Crippen LogP contribution in [0.25, 0.3) is 0 Å². The van der Waals surface area contributed by atoms with E-state index in [1.165, 1.54) is 25.5 Å². The first-order valence-corrected chi connectivity index (χ1v) is 5.11. The van der Waals surface area contributed by atoms with Gasteiger partial charge in [0.2, 0.25) is 0 Å². The molecule has 0 aliphatic carbocycles. The fourth-order valence-electron chi connectivity index (χ4n) is 1.83. The lowest BCUT2D eigenvalue weighted by Crippen LogP contribution is -2.23. The minimum absolute atomic E-state index is 0.178. The van der Waals surface area contributed by atoms with Gasteiger partial charge in [0.1, 0.15) is 0 Å². The third-order valence-corrected chi connectivity index (χ3v) is 3.00. The van der Waals surface area contributed by atoms with Gasteiger partial charge in [-0.15, -0.1) is 0 Å². The zero-order chi connectivity index (χ0) is 14.2. The zero-order valence-electron chi connectivity index (χ0n) is 10.4. The Kier molecular flexibility index (Phi) is 3.75. The predicted octanol–water partition coefficient (Wildman–Crippen LogP) is 2.02. The summed E-state index contributed by atoms with van der Waals surface area (Å²) in [6.07, 6.45) is -7.53. The second-order valence-electron chi connectivity index (χ2n) is 3.95. The molecule has 102 valence electrons. The van der Waals surface area contributed by atoms with Crippen LogP contribution in [-0.2, 0) is 11.8 Å². The monoisotopic (exact) mass is 265 g/mol. The van der Waals surface area contributed by atoms with Crippen LogP contribution in [0.3, 0.4) is 0 Å². The van der Waals surface area contributed by atoms with Crippen molar-refractivity contribution < 1.29 is 27.8 Å². The molecular weight excluding hydrogens is 251 g/mol. The molecule has 0 fully saturated rings. The van der Waals surface area contributed by atoms with Crippen LogP contribution in [0.4, 0.5) is 13.2 Å². The number of alkyl halides is 3. The Labute approximate surface area is 102 Å². The topological polar surface area (TPSA) is 51.5 Å². The van der Waals surface area contributed by atoms with Crippen molar-refractivity contribution in [1.29, 1.82) is 0 Å². The minimum Gasteiger partial charge on any atom is -0.465 e. The molecule has 0 aliphatic rings. The predicted molar refractivity (Wildman–Crippen MR) is 57.2 cm³/mol. The summed E-state index contributed by atoms with van der Waals surface area (Å²) in [6, 6.07) is 0. The molecule has 18 heavy (non-hydrogen) atoms. The second-order valence-corrected chi connectivity index (χ2v) is 3.95. The molecule has 0 amide bonds. The number of aliphatic hydroxyl groups is 1. The number of ether oxygens (including phenoxy) is 1. The van der Waals surface area contributed by atoms with Crippen molar-refractivity contribution >= 4 is 5.97 Å². The summed E-state index contributed by atoms with van der Waals surface area (Å²) in [4.78, 5) is 11.5. The lowest BCUT2D eigenvalue weighted by molar-refractivity contribution is -0.207. The largest absolute Gasteiger partial charge is 0.465 e. The van der Waals surface area contributed by atoms with Crippen LogP contribution in [0.2, 0.25) is 0 Å². The zero-order valence-corrected chi connectivity index (χ0v) is 10.4. The maximum Gasteiger partial charge on any atom is 0.418 e. The van der Waals surface area contributed by atoms with Gasteiger partial charge >= 0.3 is 12.1 Å². The first-order chi connectivity index (χ1) is 8.12. The Morgan fingerprint density at radius 1 is 1.33 bits per heavy atom. The van der Waals surface area contributed by atoms with Gasteiger partial charge in [0, 0.05) is 24.0 Å². The van der Waals surface area contributed by atoms with E-state index in [-0.39, 0.29) is 11.3 Å². The molecule has 0 bridgehead atoms. The lowest BCUT2D eigenvalue weighted by atomic mass is 10.0. The molecule has 1 aromatic heterocycles. The highest BCUT2D eigenvalue weighted by atomic mass is 19.4. The molecule has 0 saturated heterocycles. The standard InChI is InChI=1S/C11H14F3NO3/c1-5-7(9(16)11(12,13)14)8(10(17)18-4)6(2)15(5)3/h9,16H,1-4H3/t9-/m1/s1. The number of nitrogens with zero attached hydrogens (tertiary/aromatic N) is 1. The summed E-state index contributed by atoms with van der Waals surface area (Å²) in [5.74, 6) is -0.894. The van der Waals surface area contributed by atoms with Gasteiger partial charge < -0.3 is 14.4 Å². The third-order valence-electron chi connectivity index (χ3n) is 3.00. The van der Waals surface area contributed by atoms with Gasteiger partial charge in [0.25, 0.3) is 0 Å². The summed E-state index contributed by atoms with van der Waals surface area (Å²) in [5, 5.41) is 9.35. The summed E-state index contributed by atoms with van der Waals surface area (Å²) >= 11 is 0. The van der Waals surface area contributed by atoms with Crippen LogP contribution >= 0.6 is 0 Å². The Bertz CT molecular complexity index is 477. The number of carbonyl (C=O) groups excluding carboxylic acids is 1. The van der Waals surface area contributed by atoms with Gasteiger partial charge in [0.05, 0.1) is 12.7 Å². The van der Waals surface area contributed by atoms with Gasteiger partial charge in [-0.2, -0.15) is 13.2 Å². The van der Waals surface area contributed by atoms with Crippen molar-refractivity contribution in [2.75, 3.05) is 7.11 Å². The fraction of sp³-hybridized carbons (Fsp3) is 0.545. The molecule has 1 N–H and O–H groups in total. The van der Waals surface area contributed by atoms with Crippen LogP contribution in [0, 0.1) is 13.8 Å². The van der Waals surface area contributed by atoms with Crippen molar-refractivity contribution in [3.8, 4) is 0 Å². The molecule has 0 radical (unpaired) electrons. The molecule has 0 spiro atoms.